The van der Waals surface area contributed by atoms with Gasteiger partial charge in [-0.3, -0.25) is 15.0 Å². The fourth-order valence-corrected chi connectivity index (χ4v) is 5.16. The highest BCUT2D eigenvalue weighted by molar-refractivity contribution is 6.63. The van der Waals surface area contributed by atoms with Crippen LogP contribution in [0, 0.1) is 25.1 Å². The Balaban J connectivity index is 2.07. The van der Waals surface area contributed by atoms with Crippen molar-refractivity contribution in [3.05, 3.63) is 64.0 Å². The zero-order valence-corrected chi connectivity index (χ0v) is 25.8. The van der Waals surface area contributed by atoms with Gasteiger partial charge in [-0.2, -0.15) is 0 Å². The highest BCUT2D eigenvalue weighted by Gasteiger charge is 2.53. The van der Waals surface area contributed by atoms with Crippen molar-refractivity contribution in [1.29, 1.82) is 0 Å². The molecular weight excluding hydrogens is 510 g/mol. The van der Waals surface area contributed by atoms with Crippen LogP contribution >= 0.6 is 0 Å². The number of amides is 2. The molecule has 0 unspecified atom stereocenters. The maximum atomic E-state index is 16.3. The van der Waals surface area contributed by atoms with E-state index in [9.17, 15) is 9.59 Å². The molecule has 0 radical (unpaired) electrons. The third kappa shape index (κ3) is 6.42. The van der Waals surface area contributed by atoms with Gasteiger partial charge in [0.15, 0.2) is 0 Å². The van der Waals surface area contributed by atoms with E-state index < -0.39 is 30.0 Å². The largest absolute Gasteiger partial charge is 0.498 e. The Morgan fingerprint density at radius 1 is 1.05 bits per heavy atom. The van der Waals surface area contributed by atoms with Gasteiger partial charge >= 0.3 is 7.12 Å². The van der Waals surface area contributed by atoms with Crippen molar-refractivity contribution >= 4 is 24.4 Å². The second-order valence-corrected chi connectivity index (χ2v) is 12.8. The average molecular weight is 555 g/mol. The molecule has 218 valence electrons. The topological polar surface area (TPSA) is 77.1 Å². The van der Waals surface area contributed by atoms with Gasteiger partial charge < -0.3 is 14.0 Å². The minimum absolute atomic E-state index is 0.109. The molecule has 9 heteroatoms. The van der Waals surface area contributed by atoms with E-state index in [1.54, 1.807) is 18.2 Å². The standard InChI is InChI=1S/C31H44BFN2O5/c1-12-24(29(4,5)6)35(28(37)22-16-19(2)15-20(3)17-22)34-27(36)23-14-13-21(18-38-11)25(26(23)33)32-39-30(7,8)31(9,10)40-32/h13-17,24H,12,18H2,1-11H3,(H,34,36)/t24-/m1/s1. The summed E-state index contributed by atoms with van der Waals surface area (Å²) in [4.78, 5) is 27.6. The predicted octanol–water partition coefficient (Wildman–Crippen LogP) is 5.50. The third-order valence-corrected chi connectivity index (χ3v) is 7.91. The number of halogens is 1. The second-order valence-electron chi connectivity index (χ2n) is 12.8. The molecule has 1 atom stereocenters. The Morgan fingerprint density at radius 3 is 2.08 bits per heavy atom. The number of carbonyl (C=O) groups is 2. The van der Waals surface area contributed by atoms with E-state index in [0.29, 0.717) is 17.5 Å². The fourth-order valence-electron chi connectivity index (χ4n) is 5.16. The number of carbonyl (C=O) groups excluding carboxylic acids is 2. The number of benzene rings is 2. The first-order chi connectivity index (χ1) is 18.4. The number of ether oxygens (including phenoxy) is 1. The van der Waals surface area contributed by atoms with Crippen molar-refractivity contribution < 1.29 is 28.0 Å². The lowest BCUT2D eigenvalue weighted by Crippen LogP contribution is -2.56. The Morgan fingerprint density at radius 2 is 1.60 bits per heavy atom. The number of hydrazine groups is 1. The molecule has 2 amide bonds. The Bertz CT molecular complexity index is 1230. The van der Waals surface area contributed by atoms with Crippen LogP contribution in [0.2, 0.25) is 0 Å². The van der Waals surface area contributed by atoms with Crippen LogP contribution < -0.4 is 10.9 Å². The van der Waals surface area contributed by atoms with Crippen LogP contribution in [0.1, 0.15) is 99.2 Å². The monoisotopic (exact) mass is 554 g/mol. The summed E-state index contributed by atoms with van der Waals surface area (Å²) in [5.41, 5.74) is 3.72. The molecule has 1 aliphatic rings. The molecule has 1 fully saturated rings. The molecule has 0 spiro atoms. The third-order valence-electron chi connectivity index (χ3n) is 7.91. The number of methoxy groups -OCH3 is 1. The number of hydrogen-bond acceptors (Lipinski definition) is 5. The van der Waals surface area contributed by atoms with E-state index in [-0.39, 0.29) is 35.0 Å². The molecule has 1 aliphatic heterocycles. The maximum Gasteiger partial charge on any atom is 0.498 e. The van der Waals surface area contributed by atoms with Gasteiger partial charge in [-0.1, -0.05) is 51.0 Å². The molecule has 3 rings (SSSR count). The van der Waals surface area contributed by atoms with E-state index in [0.717, 1.165) is 11.1 Å². The van der Waals surface area contributed by atoms with Crippen LogP contribution in [0.4, 0.5) is 4.39 Å². The highest BCUT2D eigenvalue weighted by atomic mass is 19.1. The summed E-state index contributed by atoms with van der Waals surface area (Å²) < 4.78 is 33.9. The molecule has 0 bridgehead atoms. The zero-order chi connectivity index (χ0) is 30.2. The molecule has 1 saturated heterocycles. The molecule has 1 N–H and O–H groups in total. The van der Waals surface area contributed by atoms with Gasteiger partial charge in [0.2, 0.25) is 0 Å². The van der Waals surface area contributed by atoms with Gasteiger partial charge in [0.1, 0.15) is 5.82 Å². The van der Waals surface area contributed by atoms with E-state index in [2.05, 4.69) is 5.43 Å². The Kier molecular flexibility index (Phi) is 9.24. The van der Waals surface area contributed by atoms with Gasteiger partial charge in [-0.05, 0) is 77.1 Å². The van der Waals surface area contributed by atoms with Crippen molar-refractivity contribution in [2.24, 2.45) is 5.41 Å². The van der Waals surface area contributed by atoms with E-state index >= 15 is 4.39 Å². The molecular formula is C31H44BFN2O5. The summed E-state index contributed by atoms with van der Waals surface area (Å²) >= 11 is 0. The van der Waals surface area contributed by atoms with Gasteiger partial charge in [0, 0.05) is 18.1 Å². The normalized spacial score (nSPS) is 17.1. The SMILES string of the molecule is CC[C@@H](N(NC(=O)c1ccc(COC)c(B2OC(C)(C)C(C)(C)O2)c1F)C(=O)c1cc(C)cc(C)c1)C(C)(C)C. The summed E-state index contributed by atoms with van der Waals surface area (Å²) in [6.45, 7) is 19.4. The van der Waals surface area contributed by atoms with Gasteiger partial charge in [0.25, 0.3) is 11.8 Å². The molecule has 0 aromatic heterocycles. The van der Waals surface area contributed by atoms with Crippen LogP contribution in [0.25, 0.3) is 0 Å². The molecule has 1 heterocycles. The Hall–Kier alpha value is -2.75. The summed E-state index contributed by atoms with van der Waals surface area (Å²) in [7, 11) is 0.481. The molecule has 0 saturated carbocycles. The predicted molar refractivity (Wildman–Crippen MR) is 156 cm³/mol. The van der Waals surface area contributed by atoms with Crippen LogP contribution in [-0.2, 0) is 20.7 Å². The van der Waals surface area contributed by atoms with E-state index in [1.807, 2.05) is 75.3 Å². The summed E-state index contributed by atoms with van der Waals surface area (Å²) in [5, 5.41) is 1.35. The van der Waals surface area contributed by atoms with Crippen molar-refractivity contribution in [1.82, 2.24) is 10.4 Å². The summed E-state index contributed by atoms with van der Waals surface area (Å²) in [6, 6.07) is 8.25. The lowest BCUT2D eigenvalue weighted by molar-refractivity contribution is 0.00578. The van der Waals surface area contributed by atoms with E-state index in [4.69, 9.17) is 14.0 Å². The number of nitrogens with one attached hydrogen (secondary N) is 1. The van der Waals surface area contributed by atoms with Crippen LogP contribution in [0.15, 0.2) is 30.3 Å². The molecule has 40 heavy (non-hydrogen) atoms. The number of aryl methyl sites for hydroxylation is 2. The summed E-state index contributed by atoms with van der Waals surface area (Å²) in [5.74, 6) is -1.86. The maximum absolute atomic E-state index is 16.3. The van der Waals surface area contributed by atoms with Crippen molar-refractivity contribution in [2.75, 3.05) is 7.11 Å². The lowest BCUT2D eigenvalue weighted by Gasteiger charge is -2.39. The van der Waals surface area contributed by atoms with Crippen LogP contribution in [0.3, 0.4) is 0 Å². The van der Waals surface area contributed by atoms with Crippen LogP contribution in [-0.4, -0.2) is 48.3 Å². The zero-order valence-electron chi connectivity index (χ0n) is 25.8. The van der Waals surface area contributed by atoms with Gasteiger partial charge in [0.05, 0.1) is 29.4 Å². The lowest BCUT2D eigenvalue weighted by atomic mass is 9.74. The minimum atomic E-state index is -1.03. The molecule has 7 nitrogen and oxygen atoms in total. The fraction of sp³-hybridized carbons (Fsp3) is 0.548. The second kappa shape index (κ2) is 11.6. The molecule has 0 aliphatic carbocycles. The Labute approximate surface area is 238 Å². The quantitative estimate of drug-likeness (QED) is 0.361. The number of hydrogen-bond donors (Lipinski definition) is 1. The first-order valence-corrected chi connectivity index (χ1v) is 13.8. The minimum Gasteiger partial charge on any atom is -0.399 e. The van der Waals surface area contributed by atoms with Crippen molar-refractivity contribution in [2.45, 2.75) is 99.5 Å². The first-order valence-electron chi connectivity index (χ1n) is 13.8. The number of nitrogens with zero attached hydrogens (tertiary/aromatic N) is 1. The van der Waals surface area contributed by atoms with Gasteiger partial charge in [-0.25, -0.2) is 9.40 Å². The van der Waals surface area contributed by atoms with Crippen molar-refractivity contribution in [3.63, 3.8) is 0 Å². The van der Waals surface area contributed by atoms with Gasteiger partial charge in [-0.15, -0.1) is 0 Å². The first kappa shape index (κ1) is 31.8. The average Bonchev–Trinajstić information content (AvgIpc) is 3.03. The van der Waals surface area contributed by atoms with E-state index in [1.165, 1.54) is 18.2 Å². The molecule has 2 aromatic carbocycles. The summed E-state index contributed by atoms with van der Waals surface area (Å²) in [6.07, 6.45) is 0.578. The smallest absolute Gasteiger partial charge is 0.399 e. The highest BCUT2D eigenvalue weighted by Crippen LogP contribution is 2.37. The molecule has 2 aromatic rings. The number of rotatable bonds is 7. The van der Waals surface area contributed by atoms with Crippen LogP contribution in [0.5, 0.6) is 0 Å². The van der Waals surface area contributed by atoms with Crippen molar-refractivity contribution in [3.8, 4) is 0 Å².